The Hall–Kier alpha value is -3.94. The molecule has 0 aliphatic heterocycles. The molecule has 28 heavy (non-hydrogen) atoms. The summed E-state index contributed by atoms with van der Waals surface area (Å²) in [5.41, 5.74) is 14.2. The summed E-state index contributed by atoms with van der Waals surface area (Å²) in [6.45, 7) is 1.97. The third-order valence-corrected chi connectivity index (χ3v) is 3.92. The zero-order valence-electron chi connectivity index (χ0n) is 15.3. The fourth-order valence-electron chi connectivity index (χ4n) is 2.61. The van der Waals surface area contributed by atoms with E-state index in [0.717, 1.165) is 22.5 Å². The molecule has 2 aromatic carbocycles. The zero-order valence-corrected chi connectivity index (χ0v) is 15.3. The number of anilines is 4. The highest BCUT2D eigenvalue weighted by atomic mass is 16.1. The molecular weight excluding hydrogens is 356 g/mol. The van der Waals surface area contributed by atoms with Gasteiger partial charge in [-0.2, -0.15) is 4.98 Å². The Bertz CT molecular complexity index is 1020. The number of aryl methyl sites for hydroxylation is 1. The Kier molecular flexibility index (Phi) is 5.50. The van der Waals surface area contributed by atoms with E-state index in [1.165, 1.54) is 6.20 Å². The minimum absolute atomic E-state index is 0.175. The van der Waals surface area contributed by atoms with Crippen LogP contribution >= 0.6 is 0 Å². The molecule has 3 rings (SSSR count). The highest BCUT2D eigenvalue weighted by Gasteiger charge is 2.13. The van der Waals surface area contributed by atoms with Crippen LogP contribution in [0.3, 0.4) is 0 Å². The summed E-state index contributed by atoms with van der Waals surface area (Å²) in [6.07, 6.45) is 1.55. The lowest BCUT2D eigenvalue weighted by Crippen LogP contribution is -2.15. The summed E-state index contributed by atoms with van der Waals surface area (Å²) in [5, 5.41) is 6.17. The normalized spacial score (nSPS) is 10.3. The molecule has 0 radical (unpaired) electrons. The lowest BCUT2D eigenvalue weighted by atomic mass is 10.1. The third kappa shape index (κ3) is 4.82. The van der Waals surface area contributed by atoms with Crippen LogP contribution in [-0.4, -0.2) is 21.8 Å². The molecule has 8 nitrogen and oxygen atoms in total. The van der Waals surface area contributed by atoms with Crippen LogP contribution in [0.4, 0.5) is 23.1 Å². The Morgan fingerprint density at radius 3 is 2.39 bits per heavy atom. The van der Waals surface area contributed by atoms with E-state index >= 15 is 0 Å². The van der Waals surface area contributed by atoms with Crippen LogP contribution in [0, 0.1) is 6.92 Å². The lowest BCUT2D eigenvalue weighted by molar-refractivity contribution is -0.117. The van der Waals surface area contributed by atoms with Crippen LogP contribution in [0.1, 0.15) is 21.5 Å². The van der Waals surface area contributed by atoms with Crippen LogP contribution < -0.4 is 22.1 Å². The predicted octanol–water partition coefficient (Wildman–Crippen LogP) is 2.40. The van der Waals surface area contributed by atoms with E-state index in [2.05, 4.69) is 20.6 Å². The Morgan fingerprint density at radius 2 is 1.75 bits per heavy atom. The van der Waals surface area contributed by atoms with Gasteiger partial charge in [-0.05, 0) is 42.3 Å². The summed E-state index contributed by atoms with van der Waals surface area (Å²) in [5.74, 6) is -0.417. The third-order valence-electron chi connectivity index (χ3n) is 3.92. The van der Waals surface area contributed by atoms with E-state index in [1.807, 2.05) is 31.2 Å². The minimum atomic E-state index is -0.627. The molecule has 1 aromatic heterocycles. The first-order valence-corrected chi connectivity index (χ1v) is 8.55. The van der Waals surface area contributed by atoms with Crippen molar-refractivity contribution in [2.45, 2.75) is 13.3 Å². The second-order valence-corrected chi connectivity index (χ2v) is 6.28. The number of hydrogen-bond acceptors (Lipinski definition) is 6. The fourth-order valence-corrected chi connectivity index (χ4v) is 2.61. The molecule has 3 aromatic rings. The number of nitrogens with one attached hydrogen (secondary N) is 2. The van der Waals surface area contributed by atoms with Crippen molar-refractivity contribution in [3.8, 4) is 0 Å². The number of rotatable bonds is 7. The molecule has 0 saturated carbocycles. The van der Waals surface area contributed by atoms with Crippen molar-refractivity contribution in [1.82, 2.24) is 9.97 Å². The second kappa shape index (κ2) is 8.17. The van der Waals surface area contributed by atoms with Gasteiger partial charge in [-0.15, -0.1) is 0 Å². The van der Waals surface area contributed by atoms with Gasteiger partial charge in [0.2, 0.25) is 11.9 Å². The molecule has 0 aliphatic carbocycles. The van der Waals surface area contributed by atoms with Crippen LogP contribution in [0.15, 0.2) is 54.7 Å². The van der Waals surface area contributed by atoms with E-state index in [4.69, 9.17) is 11.5 Å². The standard InChI is InChI=1S/C20H20N6O2/c1-12-3-2-4-15(9-12)24-19-16(18(22)28)11-23-20(26-19)25-14-7-5-13(6-8-14)10-17(21)27/h2-9,11H,10H2,1H3,(H2,21,27)(H2,22,28)(H2,23,24,25,26). The highest BCUT2D eigenvalue weighted by Crippen LogP contribution is 2.22. The number of carbonyl (C=O) groups excluding carboxylic acids is 2. The van der Waals surface area contributed by atoms with Gasteiger partial charge in [0.15, 0.2) is 0 Å². The molecular formula is C20H20N6O2. The van der Waals surface area contributed by atoms with Crippen molar-refractivity contribution in [2.75, 3.05) is 10.6 Å². The molecule has 0 aliphatic rings. The van der Waals surface area contributed by atoms with E-state index < -0.39 is 11.8 Å². The average Bonchev–Trinajstić information content (AvgIpc) is 2.63. The van der Waals surface area contributed by atoms with Gasteiger partial charge in [0, 0.05) is 17.6 Å². The van der Waals surface area contributed by atoms with E-state index in [9.17, 15) is 9.59 Å². The molecule has 142 valence electrons. The molecule has 1 heterocycles. The molecule has 0 saturated heterocycles. The van der Waals surface area contributed by atoms with E-state index in [0.29, 0.717) is 11.8 Å². The predicted molar refractivity (Wildman–Crippen MR) is 108 cm³/mol. The molecule has 0 atom stereocenters. The number of nitrogens with two attached hydrogens (primary N) is 2. The number of aromatic nitrogens is 2. The van der Waals surface area contributed by atoms with Crippen molar-refractivity contribution in [3.05, 3.63) is 71.4 Å². The average molecular weight is 376 g/mol. The quantitative estimate of drug-likeness (QED) is 0.500. The molecule has 0 fully saturated rings. The van der Waals surface area contributed by atoms with Crippen molar-refractivity contribution in [3.63, 3.8) is 0 Å². The molecule has 6 N–H and O–H groups in total. The maximum atomic E-state index is 11.7. The SMILES string of the molecule is Cc1cccc(Nc2nc(Nc3ccc(CC(N)=O)cc3)ncc2C(N)=O)c1. The largest absolute Gasteiger partial charge is 0.369 e. The second-order valence-electron chi connectivity index (χ2n) is 6.28. The van der Waals surface area contributed by atoms with Crippen LogP contribution in [-0.2, 0) is 11.2 Å². The fraction of sp³-hybridized carbons (Fsp3) is 0.100. The first kappa shape index (κ1) is 18.8. The van der Waals surface area contributed by atoms with Crippen LogP contribution in [0.25, 0.3) is 0 Å². The van der Waals surface area contributed by atoms with Crippen molar-refractivity contribution in [2.24, 2.45) is 11.5 Å². The number of nitrogens with zero attached hydrogens (tertiary/aromatic N) is 2. The van der Waals surface area contributed by atoms with Crippen LogP contribution in [0.5, 0.6) is 0 Å². The lowest BCUT2D eigenvalue weighted by Gasteiger charge is -2.12. The molecule has 8 heteroatoms. The highest BCUT2D eigenvalue weighted by molar-refractivity contribution is 5.98. The number of carbonyl (C=O) groups is 2. The number of primary amides is 2. The smallest absolute Gasteiger partial charge is 0.254 e. The van der Waals surface area contributed by atoms with Gasteiger partial charge >= 0.3 is 0 Å². The molecule has 0 unspecified atom stereocenters. The van der Waals surface area contributed by atoms with Gasteiger partial charge in [0.05, 0.1) is 6.42 Å². The summed E-state index contributed by atoms with van der Waals surface area (Å²) in [4.78, 5) is 31.2. The van der Waals surface area contributed by atoms with Crippen molar-refractivity contribution < 1.29 is 9.59 Å². The van der Waals surface area contributed by atoms with Gasteiger partial charge in [-0.3, -0.25) is 9.59 Å². The first-order chi connectivity index (χ1) is 13.4. The number of benzene rings is 2. The Morgan fingerprint density at radius 1 is 1.00 bits per heavy atom. The van der Waals surface area contributed by atoms with Crippen molar-refractivity contribution in [1.29, 1.82) is 0 Å². The summed E-state index contributed by atoms with van der Waals surface area (Å²) >= 11 is 0. The maximum absolute atomic E-state index is 11.7. The van der Waals surface area contributed by atoms with Crippen molar-refractivity contribution >= 4 is 35.0 Å². The van der Waals surface area contributed by atoms with Gasteiger partial charge in [0.1, 0.15) is 11.4 Å². The Balaban J connectivity index is 1.84. The summed E-state index contributed by atoms with van der Waals surface area (Å²) < 4.78 is 0. The minimum Gasteiger partial charge on any atom is -0.369 e. The molecule has 2 amide bonds. The zero-order chi connectivity index (χ0) is 20.1. The van der Waals surface area contributed by atoms with E-state index in [-0.39, 0.29) is 12.0 Å². The topological polar surface area (TPSA) is 136 Å². The summed E-state index contributed by atoms with van der Waals surface area (Å²) in [6, 6.07) is 14.8. The molecule has 0 spiro atoms. The summed E-state index contributed by atoms with van der Waals surface area (Å²) in [7, 11) is 0. The van der Waals surface area contributed by atoms with E-state index in [1.54, 1.807) is 24.3 Å². The van der Waals surface area contributed by atoms with Gasteiger partial charge in [-0.25, -0.2) is 4.98 Å². The number of hydrogen-bond donors (Lipinski definition) is 4. The van der Waals surface area contributed by atoms with Gasteiger partial charge in [0.25, 0.3) is 5.91 Å². The number of amides is 2. The van der Waals surface area contributed by atoms with Gasteiger partial charge < -0.3 is 22.1 Å². The van der Waals surface area contributed by atoms with Gasteiger partial charge in [-0.1, -0.05) is 24.3 Å². The maximum Gasteiger partial charge on any atom is 0.254 e. The Labute approximate surface area is 162 Å². The monoisotopic (exact) mass is 376 g/mol. The first-order valence-electron chi connectivity index (χ1n) is 8.55. The van der Waals surface area contributed by atoms with Crippen LogP contribution in [0.2, 0.25) is 0 Å². The molecule has 0 bridgehead atoms.